The lowest BCUT2D eigenvalue weighted by atomic mass is 10.1. The zero-order chi connectivity index (χ0) is 33.4. The van der Waals surface area contributed by atoms with Gasteiger partial charge in [0.15, 0.2) is 11.5 Å². The van der Waals surface area contributed by atoms with Crippen LogP contribution in [-0.2, 0) is 26.2 Å². The number of nitrogens with one attached hydrogen (secondary N) is 1. The predicted octanol–water partition coefficient (Wildman–Crippen LogP) is 5.74. The average Bonchev–Trinajstić information content (AvgIpc) is 3.56. The van der Waals surface area contributed by atoms with Crippen molar-refractivity contribution in [2.24, 2.45) is 0 Å². The molecule has 1 N–H and O–H groups in total. The maximum Gasteiger partial charge on any atom is 0.265 e. The van der Waals surface area contributed by atoms with Gasteiger partial charge in [0, 0.05) is 23.7 Å². The topological polar surface area (TPSA) is 114 Å². The van der Waals surface area contributed by atoms with Gasteiger partial charge in [-0.1, -0.05) is 61.2 Å². The second-order valence-electron chi connectivity index (χ2n) is 11.3. The summed E-state index contributed by atoms with van der Waals surface area (Å²) >= 11 is 6.35. The normalized spacial score (nSPS) is 14.0. The van der Waals surface area contributed by atoms with Gasteiger partial charge < -0.3 is 24.4 Å². The van der Waals surface area contributed by atoms with Crippen molar-refractivity contribution in [1.82, 2.24) is 10.2 Å². The van der Waals surface area contributed by atoms with E-state index in [1.54, 1.807) is 6.07 Å². The first-order valence-electron chi connectivity index (χ1n) is 15.3. The number of benzene rings is 3. The molecule has 0 radical (unpaired) electrons. The largest absolute Gasteiger partial charge is 0.495 e. The van der Waals surface area contributed by atoms with E-state index in [-0.39, 0.29) is 45.6 Å². The van der Waals surface area contributed by atoms with Gasteiger partial charge in [0.25, 0.3) is 10.0 Å². The minimum atomic E-state index is -4.43. The van der Waals surface area contributed by atoms with Crippen LogP contribution < -0.4 is 23.8 Å². The van der Waals surface area contributed by atoms with Gasteiger partial charge >= 0.3 is 0 Å². The maximum absolute atomic E-state index is 14.4. The van der Waals surface area contributed by atoms with E-state index in [2.05, 4.69) is 5.32 Å². The number of amides is 2. The third-order valence-electron chi connectivity index (χ3n) is 8.19. The van der Waals surface area contributed by atoms with E-state index in [0.717, 1.165) is 41.1 Å². The third-order valence-corrected chi connectivity index (χ3v) is 10.2. The number of carbonyl (C=O) groups is 2. The summed E-state index contributed by atoms with van der Waals surface area (Å²) in [4.78, 5) is 29.4. The van der Waals surface area contributed by atoms with Crippen LogP contribution in [0.25, 0.3) is 0 Å². The summed E-state index contributed by atoms with van der Waals surface area (Å²) in [6.45, 7) is 3.28. The zero-order valence-electron chi connectivity index (χ0n) is 26.9. The second kappa shape index (κ2) is 15.6. The Morgan fingerprint density at radius 3 is 2.15 bits per heavy atom. The van der Waals surface area contributed by atoms with Crippen molar-refractivity contribution in [3.63, 3.8) is 0 Å². The molecule has 46 heavy (non-hydrogen) atoms. The summed E-state index contributed by atoms with van der Waals surface area (Å²) in [6, 6.07) is 15.6. The molecule has 10 nitrogen and oxygen atoms in total. The Labute approximate surface area is 276 Å². The Bertz CT molecular complexity index is 1630. The smallest absolute Gasteiger partial charge is 0.265 e. The van der Waals surface area contributed by atoms with Crippen LogP contribution in [0.4, 0.5) is 5.69 Å². The molecule has 248 valence electrons. The van der Waals surface area contributed by atoms with Crippen molar-refractivity contribution in [1.29, 1.82) is 0 Å². The van der Waals surface area contributed by atoms with Gasteiger partial charge in [-0.3, -0.25) is 13.9 Å². The van der Waals surface area contributed by atoms with Crippen LogP contribution in [0, 0.1) is 6.92 Å². The minimum Gasteiger partial charge on any atom is -0.495 e. The Morgan fingerprint density at radius 2 is 1.54 bits per heavy atom. The van der Waals surface area contributed by atoms with Gasteiger partial charge in [0.2, 0.25) is 11.8 Å². The summed E-state index contributed by atoms with van der Waals surface area (Å²) in [6.07, 6.45) is 4.19. The summed E-state index contributed by atoms with van der Waals surface area (Å²) < 4.78 is 46.0. The molecule has 0 aliphatic heterocycles. The lowest BCUT2D eigenvalue weighted by molar-refractivity contribution is -0.140. The quantitative estimate of drug-likeness (QED) is 0.233. The molecular weight excluding hydrogens is 630 g/mol. The van der Waals surface area contributed by atoms with Crippen molar-refractivity contribution in [2.45, 2.75) is 69.5 Å². The molecule has 3 aromatic carbocycles. The fourth-order valence-electron chi connectivity index (χ4n) is 5.65. The van der Waals surface area contributed by atoms with Crippen LogP contribution in [0.2, 0.25) is 5.02 Å². The van der Waals surface area contributed by atoms with Gasteiger partial charge in [-0.25, -0.2) is 8.42 Å². The summed E-state index contributed by atoms with van der Waals surface area (Å²) in [5, 5.41) is 3.37. The molecule has 0 saturated heterocycles. The van der Waals surface area contributed by atoms with Crippen LogP contribution in [0.1, 0.15) is 50.2 Å². The lowest BCUT2D eigenvalue weighted by Crippen LogP contribution is -2.53. The minimum absolute atomic E-state index is 0.0514. The molecule has 1 aliphatic rings. The first-order chi connectivity index (χ1) is 22.0. The Kier molecular flexibility index (Phi) is 11.8. The van der Waals surface area contributed by atoms with E-state index < -0.39 is 28.5 Å². The Morgan fingerprint density at radius 1 is 0.913 bits per heavy atom. The number of anilines is 1. The number of halogens is 1. The second-order valence-corrected chi connectivity index (χ2v) is 13.6. The molecule has 4 rings (SSSR count). The van der Waals surface area contributed by atoms with Gasteiger partial charge in [-0.2, -0.15) is 0 Å². The molecule has 0 aromatic heterocycles. The Balaban J connectivity index is 1.80. The van der Waals surface area contributed by atoms with E-state index >= 15 is 0 Å². The van der Waals surface area contributed by atoms with E-state index in [4.69, 9.17) is 25.8 Å². The molecule has 1 saturated carbocycles. The maximum atomic E-state index is 14.4. The monoisotopic (exact) mass is 671 g/mol. The number of ether oxygens (including phenoxy) is 3. The van der Waals surface area contributed by atoms with Crippen molar-refractivity contribution in [3.8, 4) is 17.2 Å². The summed E-state index contributed by atoms with van der Waals surface area (Å²) in [5.74, 6) is -0.0989. The summed E-state index contributed by atoms with van der Waals surface area (Å²) in [7, 11) is -0.175. The molecule has 1 atom stereocenters. The molecular formula is C34H42ClN3O7S. The number of sulfonamides is 1. The SMILES string of the molecule is CC[C@@H](C(=O)NC1CCCC1)N(Cc1ccc(C)cc1)C(=O)CN(c1cc(Cl)ccc1OC)S(=O)(=O)c1ccc(OC)c(OC)c1. The van der Waals surface area contributed by atoms with E-state index in [9.17, 15) is 18.0 Å². The van der Waals surface area contributed by atoms with Crippen molar-refractivity contribution in [3.05, 3.63) is 76.8 Å². The number of rotatable bonds is 14. The number of hydrogen-bond acceptors (Lipinski definition) is 7. The first kappa shape index (κ1) is 34.9. The number of hydrogen-bond donors (Lipinski definition) is 1. The van der Waals surface area contributed by atoms with Crippen LogP contribution in [-0.4, -0.2) is 65.1 Å². The molecule has 12 heteroatoms. The fraction of sp³-hybridized carbons (Fsp3) is 0.412. The number of methoxy groups -OCH3 is 3. The Hall–Kier alpha value is -3.96. The number of aryl methyl sites for hydroxylation is 1. The first-order valence-corrected chi connectivity index (χ1v) is 17.1. The van der Waals surface area contributed by atoms with Crippen LogP contribution >= 0.6 is 11.6 Å². The molecule has 0 unspecified atom stereocenters. The number of nitrogens with zero attached hydrogens (tertiary/aromatic N) is 2. The van der Waals surface area contributed by atoms with E-state index in [0.29, 0.717) is 12.2 Å². The van der Waals surface area contributed by atoms with Crippen molar-refractivity contribution < 1.29 is 32.2 Å². The molecule has 0 bridgehead atoms. The predicted molar refractivity (Wildman–Crippen MR) is 178 cm³/mol. The summed E-state index contributed by atoms with van der Waals surface area (Å²) in [5.41, 5.74) is 1.92. The highest BCUT2D eigenvalue weighted by Gasteiger charge is 2.36. The van der Waals surface area contributed by atoms with Crippen molar-refractivity contribution in [2.75, 3.05) is 32.2 Å². The lowest BCUT2D eigenvalue weighted by Gasteiger charge is -2.34. The van der Waals surface area contributed by atoms with Gasteiger partial charge in [0.1, 0.15) is 18.3 Å². The molecule has 0 heterocycles. The van der Waals surface area contributed by atoms with Crippen LogP contribution in [0.3, 0.4) is 0 Å². The molecule has 1 aliphatic carbocycles. The van der Waals surface area contributed by atoms with Gasteiger partial charge in [-0.15, -0.1) is 0 Å². The molecule has 1 fully saturated rings. The third kappa shape index (κ3) is 8.06. The van der Waals surface area contributed by atoms with E-state index in [1.807, 2.05) is 38.1 Å². The van der Waals surface area contributed by atoms with Gasteiger partial charge in [0.05, 0.1) is 31.9 Å². The average molecular weight is 672 g/mol. The van der Waals surface area contributed by atoms with E-state index in [1.165, 1.54) is 56.6 Å². The highest BCUT2D eigenvalue weighted by atomic mass is 35.5. The molecule has 2 amide bonds. The highest BCUT2D eigenvalue weighted by molar-refractivity contribution is 7.92. The van der Waals surface area contributed by atoms with Crippen LogP contribution in [0.15, 0.2) is 65.6 Å². The van der Waals surface area contributed by atoms with Crippen molar-refractivity contribution >= 4 is 39.1 Å². The standard InChI is InChI=1S/C34H42ClN3O7S/c1-6-28(34(40)36-26-9-7-8-10-26)37(21-24-13-11-23(2)12-14-24)33(39)22-38(29-19-25(35)15-17-30(29)43-3)46(41,42)27-16-18-31(44-4)32(20-27)45-5/h11-20,26,28H,6-10,21-22H2,1-5H3,(H,36,40)/t28-/m0/s1. The molecule has 0 spiro atoms. The highest BCUT2D eigenvalue weighted by Crippen LogP contribution is 2.37. The molecule has 3 aromatic rings. The zero-order valence-corrected chi connectivity index (χ0v) is 28.5. The van der Waals surface area contributed by atoms with Crippen LogP contribution in [0.5, 0.6) is 17.2 Å². The van der Waals surface area contributed by atoms with Gasteiger partial charge in [-0.05, 0) is 62.1 Å². The fourth-order valence-corrected chi connectivity index (χ4v) is 7.25. The number of carbonyl (C=O) groups excluding carboxylic acids is 2.